The molecule has 6 heteroatoms. The molecule has 122 valence electrons. The molecule has 0 radical (unpaired) electrons. The van der Waals surface area contributed by atoms with E-state index in [2.05, 4.69) is 15.4 Å². The molecule has 3 aromatic rings. The second kappa shape index (κ2) is 6.62. The Morgan fingerprint density at radius 1 is 1.25 bits per heavy atom. The summed E-state index contributed by atoms with van der Waals surface area (Å²) in [4.78, 5) is 16.5. The molecule has 0 unspecified atom stereocenters. The van der Waals surface area contributed by atoms with Gasteiger partial charge >= 0.3 is 0 Å². The first-order valence-corrected chi connectivity index (χ1v) is 7.55. The summed E-state index contributed by atoms with van der Waals surface area (Å²) in [6, 6.07) is 9.83. The number of aryl methyl sites for hydroxylation is 1. The van der Waals surface area contributed by atoms with Crippen molar-refractivity contribution >= 4 is 5.91 Å². The van der Waals surface area contributed by atoms with E-state index in [1.54, 1.807) is 43.1 Å². The number of nitrogens with zero attached hydrogens (tertiary/aromatic N) is 3. The molecule has 5 nitrogen and oxygen atoms in total. The summed E-state index contributed by atoms with van der Waals surface area (Å²) in [5.74, 6) is -0.556. The number of rotatable bonds is 4. The number of pyridine rings is 1. The number of amides is 1. The highest BCUT2D eigenvalue weighted by Gasteiger charge is 2.19. The van der Waals surface area contributed by atoms with Crippen LogP contribution in [0.25, 0.3) is 5.69 Å². The fourth-order valence-electron chi connectivity index (χ4n) is 2.60. The molecule has 0 spiro atoms. The van der Waals surface area contributed by atoms with Gasteiger partial charge < -0.3 is 5.32 Å². The van der Waals surface area contributed by atoms with Crippen molar-refractivity contribution in [2.75, 3.05) is 0 Å². The van der Waals surface area contributed by atoms with Gasteiger partial charge in [-0.3, -0.25) is 9.78 Å². The molecule has 1 amide bonds. The van der Waals surface area contributed by atoms with Crippen LogP contribution in [-0.2, 0) is 6.54 Å². The number of hydrogen-bond acceptors (Lipinski definition) is 3. The minimum Gasteiger partial charge on any atom is -0.348 e. The zero-order valence-electron chi connectivity index (χ0n) is 13.5. The highest BCUT2D eigenvalue weighted by atomic mass is 19.1. The van der Waals surface area contributed by atoms with Gasteiger partial charge in [0.1, 0.15) is 5.82 Å². The lowest BCUT2D eigenvalue weighted by Crippen LogP contribution is -2.24. The van der Waals surface area contributed by atoms with E-state index in [1.807, 2.05) is 12.1 Å². The van der Waals surface area contributed by atoms with Crippen LogP contribution < -0.4 is 5.32 Å². The Bertz CT molecular complexity index is 874. The normalized spacial score (nSPS) is 10.6. The molecule has 0 aliphatic rings. The Morgan fingerprint density at radius 3 is 2.79 bits per heavy atom. The van der Waals surface area contributed by atoms with Crippen LogP contribution in [-0.4, -0.2) is 20.7 Å². The van der Waals surface area contributed by atoms with Crippen LogP contribution in [0.1, 0.15) is 27.3 Å². The van der Waals surface area contributed by atoms with Gasteiger partial charge in [-0.1, -0.05) is 12.1 Å². The number of carbonyl (C=O) groups excluding carboxylic acids is 1. The van der Waals surface area contributed by atoms with E-state index >= 15 is 0 Å². The minimum atomic E-state index is -0.345. The first kappa shape index (κ1) is 15.9. The summed E-state index contributed by atoms with van der Waals surface area (Å²) in [6.45, 7) is 3.95. The van der Waals surface area contributed by atoms with Gasteiger partial charge in [-0.05, 0) is 43.7 Å². The van der Waals surface area contributed by atoms with Crippen LogP contribution in [0.4, 0.5) is 4.39 Å². The molecule has 1 N–H and O–H groups in total. The third-order valence-electron chi connectivity index (χ3n) is 3.75. The van der Waals surface area contributed by atoms with Crippen molar-refractivity contribution in [3.05, 3.63) is 77.1 Å². The third kappa shape index (κ3) is 3.17. The Hall–Kier alpha value is -3.02. The van der Waals surface area contributed by atoms with E-state index in [9.17, 15) is 9.18 Å². The van der Waals surface area contributed by atoms with Gasteiger partial charge in [0.25, 0.3) is 5.91 Å². The number of carbonyl (C=O) groups is 1. The molecule has 2 aromatic heterocycles. The molecule has 0 bridgehead atoms. The molecular formula is C18H17FN4O. The van der Waals surface area contributed by atoms with Crippen LogP contribution >= 0.6 is 0 Å². The van der Waals surface area contributed by atoms with E-state index in [1.165, 1.54) is 12.1 Å². The number of nitrogens with one attached hydrogen (secondary N) is 1. The zero-order valence-corrected chi connectivity index (χ0v) is 13.5. The monoisotopic (exact) mass is 324 g/mol. The lowest BCUT2D eigenvalue weighted by Gasteiger charge is -2.07. The van der Waals surface area contributed by atoms with Crippen molar-refractivity contribution in [3.63, 3.8) is 0 Å². The Morgan fingerprint density at radius 2 is 2.08 bits per heavy atom. The van der Waals surface area contributed by atoms with E-state index < -0.39 is 0 Å². The van der Waals surface area contributed by atoms with E-state index in [4.69, 9.17) is 0 Å². The van der Waals surface area contributed by atoms with Gasteiger partial charge in [-0.25, -0.2) is 9.07 Å². The maximum atomic E-state index is 13.4. The molecule has 2 heterocycles. The molecule has 0 aliphatic carbocycles. The van der Waals surface area contributed by atoms with Gasteiger partial charge in [0, 0.05) is 18.9 Å². The fraction of sp³-hybridized carbons (Fsp3) is 0.167. The Kier molecular flexibility index (Phi) is 4.37. The van der Waals surface area contributed by atoms with Crippen molar-refractivity contribution in [3.8, 4) is 5.69 Å². The molecule has 0 fully saturated rings. The van der Waals surface area contributed by atoms with E-state index in [-0.39, 0.29) is 11.7 Å². The number of halogens is 1. The van der Waals surface area contributed by atoms with Crippen molar-refractivity contribution in [2.24, 2.45) is 0 Å². The summed E-state index contributed by atoms with van der Waals surface area (Å²) in [7, 11) is 0. The quantitative estimate of drug-likeness (QED) is 0.803. The predicted molar refractivity (Wildman–Crippen MR) is 88.4 cm³/mol. The van der Waals surface area contributed by atoms with Gasteiger partial charge in [0.15, 0.2) is 0 Å². The van der Waals surface area contributed by atoms with Gasteiger partial charge in [0.05, 0.1) is 22.6 Å². The first-order valence-electron chi connectivity index (χ1n) is 7.55. The van der Waals surface area contributed by atoms with Crippen molar-refractivity contribution < 1.29 is 9.18 Å². The Balaban J connectivity index is 1.85. The lowest BCUT2D eigenvalue weighted by atomic mass is 10.1. The molecular weight excluding hydrogens is 307 g/mol. The molecule has 0 saturated carbocycles. The SMILES string of the molecule is Cc1nn(-c2cccc(F)c2)c(C)c1C(=O)NCc1cccnc1. The van der Waals surface area contributed by atoms with Gasteiger partial charge in [0.2, 0.25) is 0 Å². The van der Waals surface area contributed by atoms with E-state index in [0.717, 1.165) is 5.56 Å². The predicted octanol–water partition coefficient (Wildman–Crippen LogP) is 2.95. The largest absolute Gasteiger partial charge is 0.348 e. The summed E-state index contributed by atoms with van der Waals surface area (Å²) < 4.78 is 15.0. The van der Waals surface area contributed by atoms with Crippen LogP contribution in [0.5, 0.6) is 0 Å². The number of benzene rings is 1. The average molecular weight is 324 g/mol. The summed E-state index contributed by atoms with van der Waals surface area (Å²) >= 11 is 0. The number of hydrogen-bond donors (Lipinski definition) is 1. The van der Waals surface area contributed by atoms with Crippen molar-refractivity contribution in [2.45, 2.75) is 20.4 Å². The topological polar surface area (TPSA) is 59.8 Å². The maximum absolute atomic E-state index is 13.4. The first-order chi connectivity index (χ1) is 11.6. The van der Waals surface area contributed by atoms with Gasteiger partial charge in [-0.2, -0.15) is 5.10 Å². The second-order valence-corrected chi connectivity index (χ2v) is 5.48. The second-order valence-electron chi connectivity index (χ2n) is 5.48. The lowest BCUT2D eigenvalue weighted by molar-refractivity contribution is 0.0949. The Labute approximate surface area is 139 Å². The fourth-order valence-corrected chi connectivity index (χ4v) is 2.60. The van der Waals surface area contributed by atoms with Crippen molar-refractivity contribution in [1.29, 1.82) is 0 Å². The van der Waals surface area contributed by atoms with Crippen LogP contribution in [0.15, 0.2) is 48.8 Å². The van der Waals surface area contributed by atoms with Crippen LogP contribution in [0.3, 0.4) is 0 Å². The van der Waals surface area contributed by atoms with E-state index in [0.29, 0.717) is 29.2 Å². The molecule has 0 atom stereocenters. The average Bonchev–Trinajstić information content (AvgIpc) is 2.88. The minimum absolute atomic E-state index is 0.212. The highest BCUT2D eigenvalue weighted by molar-refractivity contribution is 5.96. The standard InChI is InChI=1S/C18H17FN4O/c1-12-17(18(24)21-11-14-5-4-8-20-10-14)13(2)23(22-12)16-7-3-6-15(19)9-16/h3-10H,11H2,1-2H3,(H,21,24). The molecule has 3 rings (SSSR count). The molecule has 24 heavy (non-hydrogen) atoms. The molecule has 0 aliphatic heterocycles. The summed E-state index contributed by atoms with van der Waals surface area (Å²) in [5, 5.41) is 7.24. The van der Waals surface area contributed by atoms with Crippen molar-refractivity contribution in [1.82, 2.24) is 20.1 Å². The summed E-state index contributed by atoms with van der Waals surface area (Å²) in [6.07, 6.45) is 3.39. The third-order valence-corrected chi connectivity index (χ3v) is 3.75. The molecule has 0 saturated heterocycles. The van der Waals surface area contributed by atoms with Crippen LogP contribution in [0.2, 0.25) is 0 Å². The summed E-state index contributed by atoms with van der Waals surface area (Å²) in [5.41, 5.74) is 3.27. The maximum Gasteiger partial charge on any atom is 0.255 e. The molecule has 1 aromatic carbocycles. The highest BCUT2D eigenvalue weighted by Crippen LogP contribution is 2.18. The van der Waals surface area contributed by atoms with Gasteiger partial charge in [-0.15, -0.1) is 0 Å². The number of aromatic nitrogens is 3. The smallest absolute Gasteiger partial charge is 0.255 e. The zero-order chi connectivity index (χ0) is 17.1. The van der Waals surface area contributed by atoms with Crippen LogP contribution in [0, 0.1) is 19.7 Å².